The Hall–Kier alpha value is -3.67. The highest BCUT2D eigenvalue weighted by atomic mass is 16.5. The quantitative estimate of drug-likeness (QED) is 0.497. The first kappa shape index (κ1) is 24.5. The molecule has 1 N–H and O–H groups in total. The van der Waals surface area contributed by atoms with Crippen molar-refractivity contribution in [3.05, 3.63) is 83.9 Å². The number of benzene rings is 3. The lowest BCUT2D eigenvalue weighted by Crippen LogP contribution is -2.46. The molecule has 4 rings (SSSR count). The van der Waals surface area contributed by atoms with E-state index in [1.54, 1.807) is 18.7 Å². The topological polar surface area (TPSA) is 75.7 Å². The molecule has 0 aliphatic carbocycles. The van der Waals surface area contributed by atoms with E-state index >= 15 is 0 Å². The van der Waals surface area contributed by atoms with Gasteiger partial charge in [0.2, 0.25) is 5.91 Å². The number of ether oxygens (including phenoxy) is 1. The highest BCUT2D eigenvalue weighted by Gasteiger charge is 2.31. The van der Waals surface area contributed by atoms with Crippen molar-refractivity contribution < 1.29 is 19.1 Å². The number of hydrogen-bond donors (Lipinski definition) is 1. The van der Waals surface area contributed by atoms with Crippen LogP contribution < -0.4 is 5.32 Å². The summed E-state index contributed by atoms with van der Waals surface area (Å²) in [6.07, 6.45) is 1.28. The number of esters is 1. The largest absolute Gasteiger partial charge is 0.463 e. The molecule has 182 valence electrons. The van der Waals surface area contributed by atoms with Gasteiger partial charge in [-0.2, -0.15) is 0 Å². The Morgan fingerprint density at radius 3 is 2.46 bits per heavy atom. The van der Waals surface area contributed by atoms with Crippen LogP contribution in [-0.2, 0) is 14.3 Å². The van der Waals surface area contributed by atoms with E-state index in [1.807, 2.05) is 72.8 Å². The van der Waals surface area contributed by atoms with Crippen molar-refractivity contribution in [2.45, 2.75) is 45.3 Å². The molecule has 1 heterocycles. The summed E-state index contributed by atoms with van der Waals surface area (Å²) in [5.74, 6) is -0.897. The van der Waals surface area contributed by atoms with Crippen molar-refractivity contribution in [2.24, 2.45) is 5.92 Å². The van der Waals surface area contributed by atoms with Gasteiger partial charge in [0.1, 0.15) is 0 Å². The molecule has 2 amide bonds. The number of piperidine rings is 1. The zero-order valence-electron chi connectivity index (χ0n) is 20.3. The second kappa shape index (κ2) is 11.2. The van der Waals surface area contributed by atoms with Gasteiger partial charge in [0.25, 0.3) is 5.91 Å². The lowest BCUT2D eigenvalue weighted by atomic mass is 9.94. The van der Waals surface area contributed by atoms with Gasteiger partial charge < -0.3 is 15.0 Å². The summed E-state index contributed by atoms with van der Waals surface area (Å²) in [6, 6.07) is 22.5. The summed E-state index contributed by atoms with van der Waals surface area (Å²) in [5.41, 5.74) is 1.50. The molecule has 2 unspecified atom stereocenters. The second-order valence-electron chi connectivity index (χ2n) is 9.33. The molecular weight excluding hydrogens is 440 g/mol. The number of carbonyl (C=O) groups is 3. The Kier molecular flexibility index (Phi) is 7.80. The van der Waals surface area contributed by atoms with E-state index < -0.39 is 6.04 Å². The fraction of sp³-hybridized carbons (Fsp3) is 0.345. The van der Waals surface area contributed by atoms with E-state index in [-0.39, 0.29) is 36.2 Å². The van der Waals surface area contributed by atoms with E-state index in [0.29, 0.717) is 25.1 Å². The third kappa shape index (κ3) is 6.07. The first-order valence-corrected chi connectivity index (χ1v) is 12.2. The lowest BCUT2D eigenvalue weighted by Gasteiger charge is -2.33. The zero-order valence-corrected chi connectivity index (χ0v) is 20.3. The van der Waals surface area contributed by atoms with E-state index in [4.69, 9.17) is 4.74 Å². The number of carbonyl (C=O) groups excluding carboxylic acids is 3. The maximum Gasteiger partial charge on any atom is 0.308 e. The summed E-state index contributed by atoms with van der Waals surface area (Å²) in [5, 5.41) is 4.99. The molecule has 0 bridgehead atoms. The third-order valence-corrected chi connectivity index (χ3v) is 6.36. The lowest BCUT2D eigenvalue weighted by molar-refractivity contribution is -0.148. The smallest absolute Gasteiger partial charge is 0.308 e. The van der Waals surface area contributed by atoms with Crippen LogP contribution in [0.4, 0.5) is 0 Å². The van der Waals surface area contributed by atoms with Crippen molar-refractivity contribution in [1.29, 1.82) is 0 Å². The minimum Gasteiger partial charge on any atom is -0.463 e. The third-order valence-electron chi connectivity index (χ3n) is 6.36. The predicted octanol–water partition coefficient (Wildman–Crippen LogP) is 4.89. The molecule has 1 aliphatic rings. The number of fused-ring (bicyclic) bond motifs is 1. The van der Waals surface area contributed by atoms with Gasteiger partial charge >= 0.3 is 5.97 Å². The van der Waals surface area contributed by atoms with Crippen LogP contribution in [0.25, 0.3) is 10.8 Å². The summed E-state index contributed by atoms with van der Waals surface area (Å²) in [7, 11) is 0. The van der Waals surface area contributed by atoms with Crippen molar-refractivity contribution in [3.63, 3.8) is 0 Å². The zero-order chi connectivity index (χ0) is 24.8. The highest BCUT2D eigenvalue weighted by molar-refractivity contribution is 6.07. The van der Waals surface area contributed by atoms with Gasteiger partial charge in [0.15, 0.2) is 0 Å². The monoisotopic (exact) mass is 472 g/mol. The normalized spacial score (nSPS) is 16.7. The number of nitrogens with one attached hydrogen (secondary N) is 1. The maximum absolute atomic E-state index is 13.4. The first-order chi connectivity index (χ1) is 16.9. The maximum atomic E-state index is 13.4. The van der Waals surface area contributed by atoms with Crippen molar-refractivity contribution >= 4 is 28.6 Å². The van der Waals surface area contributed by atoms with Crippen LogP contribution >= 0.6 is 0 Å². The minimum absolute atomic E-state index is 0.0549. The van der Waals surface area contributed by atoms with Crippen LogP contribution in [0, 0.1) is 5.92 Å². The van der Waals surface area contributed by atoms with Crippen LogP contribution in [0.3, 0.4) is 0 Å². The molecular formula is C29H32N2O4. The standard InChI is InChI=1S/C29H32N2O4/c1-20(2)35-27(32)18-26(22-11-4-3-5-12-22)30-28(33)23-14-9-17-31(19-23)29(34)25-16-8-13-21-10-6-7-15-24(21)25/h3-8,10-13,15-16,20,23,26H,9,14,17-19H2,1-2H3,(H,30,33). The van der Waals surface area contributed by atoms with Gasteiger partial charge in [-0.25, -0.2) is 0 Å². The number of amides is 2. The fourth-order valence-electron chi connectivity index (χ4n) is 4.66. The van der Waals surface area contributed by atoms with E-state index in [1.165, 1.54) is 0 Å². The summed E-state index contributed by atoms with van der Waals surface area (Å²) < 4.78 is 5.32. The van der Waals surface area contributed by atoms with Gasteiger partial charge in [-0.15, -0.1) is 0 Å². The van der Waals surface area contributed by atoms with Gasteiger partial charge in [0, 0.05) is 18.7 Å². The molecule has 0 saturated carbocycles. The molecule has 35 heavy (non-hydrogen) atoms. The molecule has 2 atom stereocenters. The molecule has 0 spiro atoms. The molecule has 1 aliphatic heterocycles. The molecule has 3 aromatic rings. The molecule has 3 aromatic carbocycles. The fourth-order valence-corrected chi connectivity index (χ4v) is 4.66. The number of likely N-dealkylation sites (tertiary alicyclic amines) is 1. The van der Waals surface area contributed by atoms with Crippen LogP contribution in [0.1, 0.15) is 55.1 Å². The highest BCUT2D eigenvalue weighted by Crippen LogP contribution is 2.25. The summed E-state index contributed by atoms with van der Waals surface area (Å²) in [6.45, 7) is 4.58. The van der Waals surface area contributed by atoms with E-state index in [2.05, 4.69) is 5.32 Å². The van der Waals surface area contributed by atoms with E-state index in [0.717, 1.165) is 22.8 Å². The molecule has 1 saturated heterocycles. The second-order valence-corrected chi connectivity index (χ2v) is 9.33. The Bertz CT molecular complexity index is 1190. The van der Waals surface area contributed by atoms with Gasteiger partial charge in [-0.05, 0) is 49.1 Å². The van der Waals surface area contributed by atoms with Crippen molar-refractivity contribution in [1.82, 2.24) is 10.2 Å². The predicted molar refractivity (Wildman–Crippen MR) is 136 cm³/mol. The average Bonchev–Trinajstić information content (AvgIpc) is 2.87. The van der Waals surface area contributed by atoms with Crippen LogP contribution in [0.5, 0.6) is 0 Å². The Morgan fingerprint density at radius 2 is 1.69 bits per heavy atom. The van der Waals surface area contributed by atoms with Crippen molar-refractivity contribution in [2.75, 3.05) is 13.1 Å². The van der Waals surface area contributed by atoms with Gasteiger partial charge in [0.05, 0.1) is 24.5 Å². The Labute approximate surface area is 206 Å². The number of hydrogen-bond acceptors (Lipinski definition) is 4. The molecule has 6 heteroatoms. The van der Waals surface area contributed by atoms with Gasteiger partial charge in [-0.1, -0.05) is 66.7 Å². The summed E-state index contributed by atoms with van der Waals surface area (Å²) in [4.78, 5) is 40.9. The van der Waals surface area contributed by atoms with Crippen molar-refractivity contribution in [3.8, 4) is 0 Å². The first-order valence-electron chi connectivity index (χ1n) is 12.2. The number of nitrogens with zero attached hydrogens (tertiary/aromatic N) is 1. The molecule has 6 nitrogen and oxygen atoms in total. The van der Waals surface area contributed by atoms with Crippen LogP contribution in [0.15, 0.2) is 72.8 Å². The number of rotatable bonds is 7. The SMILES string of the molecule is CC(C)OC(=O)CC(NC(=O)C1CCCN(C(=O)c2cccc3ccccc23)C1)c1ccccc1. The van der Waals surface area contributed by atoms with Gasteiger partial charge in [-0.3, -0.25) is 14.4 Å². The minimum atomic E-state index is -0.487. The molecule has 1 fully saturated rings. The summed E-state index contributed by atoms with van der Waals surface area (Å²) >= 11 is 0. The molecule has 0 radical (unpaired) electrons. The Morgan fingerprint density at radius 1 is 0.971 bits per heavy atom. The van der Waals surface area contributed by atoms with Crippen LogP contribution in [-0.4, -0.2) is 41.9 Å². The average molecular weight is 473 g/mol. The Balaban J connectivity index is 1.47. The van der Waals surface area contributed by atoms with Crippen LogP contribution in [0.2, 0.25) is 0 Å². The van der Waals surface area contributed by atoms with E-state index in [9.17, 15) is 14.4 Å². The molecule has 0 aromatic heterocycles.